The summed E-state index contributed by atoms with van der Waals surface area (Å²) in [6.07, 6.45) is 0. The van der Waals surface area contributed by atoms with E-state index in [2.05, 4.69) is 10.2 Å². The lowest BCUT2D eigenvalue weighted by Gasteiger charge is -2.30. The maximum absolute atomic E-state index is 13.1. The number of nitrogens with zero attached hydrogens (tertiary/aromatic N) is 2. The van der Waals surface area contributed by atoms with E-state index in [0.29, 0.717) is 13.1 Å². The maximum atomic E-state index is 13.1. The molecular weight excluding hydrogens is 386 g/mol. The molecule has 0 spiro atoms. The first-order valence-corrected chi connectivity index (χ1v) is 10.1. The van der Waals surface area contributed by atoms with Crippen LogP contribution in [-0.4, -0.2) is 69.1 Å². The summed E-state index contributed by atoms with van der Waals surface area (Å²) in [4.78, 5) is 17.2. The molecule has 1 saturated heterocycles. The summed E-state index contributed by atoms with van der Waals surface area (Å²) in [5, 5.41) is 2.99. The van der Waals surface area contributed by atoms with E-state index >= 15 is 0 Å². The van der Waals surface area contributed by atoms with Gasteiger partial charge in [0.15, 0.2) is 11.5 Å². The Kier molecular flexibility index (Phi) is 6.56. The van der Waals surface area contributed by atoms with Gasteiger partial charge in [0.25, 0.3) is 0 Å². The van der Waals surface area contributed by atoms with Crippen LogP contribution in [0.4, 0.5) is 10.5 Å². The number of fused-ring (bicyclic) bond motifs is 1. The molecule has 2 heterocycles. The molecule has 1 N–H and O–H groups in total. The molecule has 1 fully saturated rings. The van der Waals surface area contributed by atoms with E-state index in [1.807, 2.05) is 47.4 Å². The van der Waals surface area contributed by atoms with Gasteiger partial charge in [-0.15, -0.1) is 0 Å². The molecule has 2 aliphatic heterocycles. The summed E-state index contributed by atoms with van der Waals surface area (Å²) < 4.78 is 21.5. The van der Waals surface area contributed by atoms with Crippen molar-refractivity contribution in [2.45, 2.75) is 6.54 Å². The van der Waals surface area contributed by atoms with Gasteiger partial charge < -0.3 is 29.2 Å². The summed E-state index contributed by atoms with van der Waals surface area (Å²) in [5.74, 6) is 2.20. The topological polar surface area (TPSA) is 72.5 Å². The molecule has 0 aliphatic carbocycles. The molecule has 8 heteroatoms. The fraction of sp³-hybridized carbons (Fsp3) is 0.409. The highest BCUT2D eigenvalue weighted by atomic mass is 16.7. The minimum absolute atomic E-state index is 0.147. The standard InChI is InChI=1S/C22H27N3O5/c1-27-19-5-3-18(4-6-19)23-22(26)25(9-8-24-10-12-28-13-11-24)15-17-2-7-20-21(14-17)30-16-29-20/h2-7,14H,8-13,15-16H2,1H3,(H,23,26). The number of amides is 2. The number of urea groups is 1. The largest absolute Gasteiger partial charge is 0.497 e. The predicted octanol–water partition coefficient (Wildman–Crippen LogP) is 2.79. The van der Waals surface area contributed by atoms with Crippen molar-refractivity contribution in [2.24, 2.45) is 0 Å². The number of benzene rings is 2. The van der Waals surface area contributed by atoms with Crippen LogP contribution in [0.1, 0.15) is 5.56 Å². The molecule has 0 bridgehead atoms. The Morgan fingerprint density at radius 1 is 1.10 bits per heavy atom. The highest BCUT2D eigenvalue weighted by Gasteiger charge is 2.19. The third-order valence-corrected chi connectivity index (χ3v) is 5.23. The zero-order chi connectivity index (χ0) is 20.8. The molecule has 0 radical (unpaired) electrons. The number of carbonyl (C=O) groups is 1. The van der Waals surface area contributed by atoms with E-state index in [1.54, 1.807) is 7.11 Å². The van der Waals surface area contributed by atoms with E-state index < -0.39 is 0 Å². The SMILES string of the molecule is COc1ccc(NC(=O)N(CCN2CCOCC2)Cc2ccc3c(c2)OCO3)cc1. The lowest BCUT2D eigenvalue weighted by molar-refractivity contribution is 0.0349. The zero-order valence-electron chi connectivity index (χ0n) is 17.1. The Hall–Kier alpha value is -2.97. The van der Waals surface area contributed by atoms with Crippen LogP contribution >= 0.6 is 0 Å². The minimum Gasteiger partial charge on any atom is -0.497 e. The zero-order valence-corrected chi connectivity index (χ0v) is 17.1. The van der Waals surface area contributed by atoms with Gasteiger partial charge in [-0.1, -0.05) is 6.07 Å². The molecule has 0 atom stereocenters. The molecule has 0 unspecified atom stereocenters. The van der Waals surface area contributed by atoms with Crippen LogP contribution in [-0.2, 0) is 11.3 Å². The summed E-state index contributed by atoms with van der Waals surface area (Å²) in [7, 11) is 1.62. The summed E-state index contributed by atoms with van der Waals surface area (Å²) >= 11 is 0. The number of carbonyl (C=O) groups excluding carboxylic acids is 1. The minimum atomic E-state index is -0.147. The first kappa shape index (κ1) is 20.3. The van der Waals surface area contributed by atoms with Crippen molar-refractivity contribution in [1.29, 1.82) is 0 Å². The monoisotopic (exact) mass is 413 g/mol. The van der Waals surface area contributed by atoms with Gasteiger partial charge in [0.1, 0.15) is 5.75 Å². The average molecular weight is 413 g/mol. The summed E-state index contributed by atoms with van der Waals surface area (Å²) in [6, 6.07) is 13.0. The third kappa shape index (κ3) is 5.14. The van der Waals surface area contributed by atoms with Gasteiger partial charge in [-0.25, -0.2) is 4.79 Å². The highest BCUT2D eigenvalue weighted by Crippen LogP contribution is 2.32. The van der Waals surface area contributed by atoms with E-state index in [0.717, 1.165) is 61.3 Å². The highest BCUT2D eigenvalue weighted by molar-refractivity contribution is 5.89. The average Bonchev–Trinajstić information content (AvgIpc) is 3.25. The number of nitrogens with one attached hydrogen (secondary N) is 1. The van der Waals surface area contributed by atoms with Crippen LogP contribution in [0.15, 0.2) is 42.5 Å². The van der Waals surface area contributed by atoms with Crippen LogP contribution in [0.25, 0.3) is 0 Å². The maximum Gasteiger partial charge on any atom is 0.322 e. The molecule has 2 aliphatic rings. The smallest absolute Gasteiger partial charge is 0.322 e. The molecule has 2 aromatic carbocycles. The molecule has 8 nitrogen and oxygen atoms in total. The third-order valence-electron chi connectivity index (χ3n) is 5.23. The van der Waals surface area contributed by atoms with Crippen molar-refractivity contribution < 1.29 is 23.7 Å². The van der Waals surface area contributed by atoms with E-state index in [9.17, 15) is 4.79 Å². The lowest BCUT2D eigenvalue weighted by atomic mass is 10.2. The Labute approximate surface area is 176 Å². The summed E-state index contributed by atoms with van der Waals surface area (Å²) in [6.45, 7) is 5.36. The second kappa shape index (κ2) is 9.69. The Morgan fingerprint density at radius 3 is 2.63 bits per heavy atom. The van der Waals surface area contributed by atoms with Gasteiger partial charge >= 0.3 is 6.03 Å². The molecule has 2 aromatic rings. The number of methoxy groups -OCH3 is 1. The number of rotatable bonds is 7. The quantitative estimate of drug-likeness (QED) is 0.753. The second-order valence-corrected chi connectivity index (χ2v) is 7.22. The number of hydrogen-bond donors (Lipinski definition) is 1. The van der Waals surface area contributed by atoms with Gasteiger partial charge in [-0.05, 0) is 42.0 Å². The van der Waals surface area contributed by atoms with Crippen molar-refractivity contribution in [3.8, 4) is 17.2 Å². The van der Waals surface area contributed by atoms with Crippen molar-refractivity contribution in [2.75, 3.05) is 58.6 Å². The first-order valence-electron chi connectivity index (χ1n) is 10.1. The van der Waals surface area contributed by atoms with E-state index in [-0.39, 0.29) is 12.8 Å². The number of ether oxygens (including phenoxy) is 4. The molecule has 0 saturated carbocycles. The normalized spacial score (nSPS) is 15.6. The van der Waals surface area contributed by atoms with Gasteiger partial charge in [-0.3, -0.25) is 4.90 Å². The van der Waals surface area contributed by atoms with Gasteiger partial charge in [0.2, 0.25) is 6.79 Å². The number of hydrogen-bond acceptors (Lipinski definition) is 6. The van der Waals surface area contributed by atoms with Gasteiger partial charge in [-0.2, -0.15) is 0 Å². The van der Waals surface area contributed by atoms with Crippen molar-refractivity contribution in [3.05, 3.63) is 48.0 Å². The first-order chi connectivity index (χ1) is 14.7. The van der Waals surface area contributed by atoms with Crippen molar-refractivity contribution in [1.82, 2.24) is 9.80 Å². The predicted molar refractivity (Wildman–Crippen MR) is 112 cm³/mol. The fourth-order valence-electron chi connectivity index (χ4n) is 3.48. The van der Waals surface area contributed by atoms with Crippen molar-refractivity contribution >= 4 is 11.7 Å². The molecule has 2 amide bonds. The number of morpholine rings is 1. The Bertz CT molecular complexity index is 852. The Balaban J connectivity index is 1.44. The lowest BCUT2D eigenvalue weighted by Crippen LogP contribution is -2.44. The van der Waals surface area contributed by atoms with Gasteiger partial charge in [0.05, 0.1) is 20.3 Å². The second-order valence-electron chi connectivity index (χ2n) is 7.22. The summed E-state index contributed by atoms with van der Waals surface area (Å²) in [5.41, 5.74) is 1.72. The molecule has 0 aromatic heterocycles. The number of anilines is 1. The molecule has 160 valence electrons. The van der Waals surface area contributed by atoms with Crippen LogP contribution in [0.2, 0.25) is 0 Å². The van der Waals surface area contributed by atoms with Gasteiger partial charge in [0, 0.05) is 38.4 Å². The molecule has 4 rings (SSSR count). The molecule has 30 heavy (non-hydrogen) atoms. The van der Waals surface area contributed by atoms with Crippen LogP contribution in [0, 0.1) is 0 Å². The van der Waals surface area contributed by atoms with Crippen LogP contribution in [0.3, 0.4) is 0 Å². The van der Waals surface area contributed by atoms with E-state index in [4.69, 9.17) is 18.9 Å². The van der Waals surface area contributed by atoms with Crippen LogP contribution < -0.4 is 19.5 Å². The fourth-order valence-corrected chi connectivity index (χ4v) is 3.48. The Morgan fingerprint density at radius 2 is 1.87 bits per heavy atom. The van der Waals surface area contributed by atoms with Crippen LogP contribution in [0.5, 0.6) is 17.2 Å². The van der Waals surface area contributed by atoms with Crippen molar-refractivity contribution in [3.63, 3.8) is 0 Å². The molecular formula is C22H27N3O5. The van der Waals surface area contributed by atoms with E-state index in [1.165, 1.54) is 0 Å².